The van der Waals surface area contributed by atoms with Crippen molar-refractivity contribution in [3.8, 4) is 0 Å². The van der Waals surface area contributed by atoms with Crippen LogP contribution in [0.2, 0.25) is 0 Å². The van der Waals surface area contributed by atoms with Crippen molar-refractivity contribution >= 4 is 54.0 Å². The Bertz CT molecular complexity index is 1130. The molecule has 0 radical (unpaired) electrons. The van der Waals surface area contributed by atoms with E-state index in [1.807, 2.05) is 13.8 Å². The van der Waals surface area contributed by atoms with Crippen LogP contribution in [0.15, 0.2) is 30.3 Å². The Hall–Kier alpha value is -3.03. The first-order chi connectivity index (χ1) is 18.2. The van der Waals surface area contributed by atoms with Gasteiger partial charge in [0.1, 0.15) is 30.1 Å². The highest BCUT2D eigenvalue weighted by molar-refractivity contribution is 8.01. The highest BCUT2D eigenvalue weighted by Gasteiger charge is 2.64. The van der Waals surface area contributed by atoms with E-state index in [4.69, 9.17) is 4.74 Å². The molecule has 4 saturated heterocycles. The van der Waals surface area contributed by atoms with Crippen LogP contribution < -0.4 is 21.3 Å². The molecule has 0 aliphatic carbocycles. The quantitative estimate of drug-likeness (QED) is 0.272. The Morgan fingerprint density at radius 2 is 1.92 bits per heavy atom. The maximum atomic E-state index is 13.4. The lowest BCUT2D eigenvalue weighted by molar-refractivity contribution is -0.164. The number of amides is 6. The lowest BCUT2D eigenvalue weighted by atomic mass is 9.95. The number of urea groups is 2. The summed E-state index contributed by atoms with van der Waals surface area (Å²) in [6, 6.07) is 4.73. The molecule has 4 N–H and O–H groups in total. The van der Waals surface area contributed by atoms with Gasteiger partial charge in [-0.25, -0.2) is 19.3 Å². The zero-order chi connectivity index (χ0) is 27.0. The van der Waals surface area contributed by atoms with Gasteiger partial charge in [0.2, 0.25) is 11.8 Å². The molecular formula is C25H33ClN6O6S. The molecule has 1 aromatic carbocycles. The second-order valence-electron chi connectivity index (χ2n) is 10.3. The molecule has 4 fully saturated rings. The van der Waals surface area contributed by atoms with Crippen molar-refractivity contribution in [2.24, 2.45) is 0 Å². The van der Waals surface area contributed by atoms with Gasteiger partial charge in [-0.1, -0.05) is 30.3 Å². The molecule has 0 spiro atoms. The lowest BCUT2D eigenvalue weighted by Gasteiger charge is -2.44. The number of halogens is 1. The summed E-state index contributed by atoms with van der Waals surface area (Å²) >= 11 is 1.43. The van der Waals surface area contributed by atoms with Gasteiger partial charge in [-0.2, -0.15) is 0 Å². The van der Waals surface area contributed by atoms with E-state index < -0.39 is 52.2 Å². The summed E-state index contributed by atoms with van der Waals surface area (Å²) in [4.78, 5) is 66.8. The van der Waals surface area contributed by atoms with Crippen molar-refractivity contribution in [2.75, 3.05) is 26.2 Å². The van der Waals surface area contributed by atoms with Crippen molar-refractivity contribution in [1.29, 1.82) is 0 Å². The van der Waals surface area contributed by atoms with Crippen LogP contribution in [0.1, 0.15) is 38.3 Å². The average Bonchev–Trinajstić information content (AvgIpc) is 3.63. The lowest BCUT2D eigenvalue weighted by Crippen LogP contribution is -2.71. The number of imide groups is 1. The highest BCUT2D eigenvalue weighted by atomic mass is 35.5. The van der Waals surface area contributed by atoms with Crippen LogP contribution in [0.5, 0.6) is 0 Å². The highest BCUT2D eigenvalue weighted by Crippen LogP contribution is 2.51. The minimum atomic E-state index is -1.13. The first-order valence-corrected chi connectivity index (χ1v) is 13.7. The molecule has 1 unspecified atom stereocenters. The molecule has 4 aliphatic heterocycles. The number of carbonyl (C=O) groups is 5. The largest absolute Gasteiger partial charge is 0.462 e. The molecule has 5 atom stereocenters. The molecule has 4 aliphatic rings. The van der Waals surface area contributed by atoms with E-state index in [0.29, 0.717) is 12.1 Å². The first kappa shape index (κ1) is 29.0. The summed E-state index contributed by atoms with van der Waals surface area (Å²) in [6.07, 6.45) is 1.98. The van der Waals surface area contributed by atoms with Crippen LogP contribution in [0.3, 0.4) is 0 Å². The van der Waals surface area contributed by atoms with E-state index in [9.17, 15) is 24.0 Å². The molecular weight excluding hydrogens is 548 g/mol. The Balaban J connectivity index is 0.00000353. The Labute approximate surface area is 236 Å². The van der Waals surface area contributed by atoms with Gasteiger partial charge in [0.25, 0.3) is 0 Å². The maximum absolute atomic E-state index is 13.4. The van der Waals surface area contributed by atoms with Crippen molar-refractivity contribution in [1.82, 2.24) is 31.1 Å². The van der Waals surface area contributed by atoms with Crippen LogP contribution in [-0.4, -0.2) is 94.1 Å². The zero-order valence-corrected chi connectivity index (χ0v) is 23.3. The minimum Gasteiger partial charge on any atom is -0.462 e. The molecule has 0 aromatic heterocycles. The number of carbonyl (C=O) groups excluding carboxylic acids is 5. The van der Waals surface area contributed by atoms with E-state index in [1.165, 1.54) is 16.7 Å². The third-order valence-electron chi connectivity index (χ3n) is 7.32. The normalized spacial score (nSPS) is 27.5. The van der Waals surface area contributed by atoms with Crippen LogP contribution in [0, 0.1) is 0 Å². The second kappa shape index (κ2) is 11.6. The van der Waals surface area contributed by atoms with Gasteiger partial charge in [0.05, 0.1) is 0 Å². The van der Waals surface area contributed by atoms with E-state index in [1.54, 1.807) is 30.3 Å². The smallest absolute Gasteiger partial charge is 0.330 e. The Morgan fingerprint density at radius 3 is 2.56 bits per heavy atom. The summed E-state index contributed by atoms with van der Waals surface area (Å²) in [7, 11) is 0. The van der Waals surface area contributed by atoms with Gasteiger partial charge in [-0.05, 0) is 38.8 Å². The zero-order valence-electron chi connectivity index (χ0n) is 21.7. The van der Waals surface area contributed by atoms with Gasteiger partial charge in [-0.3, -0.25) is 9.59 Å². The van der Waals surface area contributed by atoms with Gasteiger partial charge in [0, 0.05) is 23.9 Å². The molecule has 1 aromatic rings. The monoisotopic (exact) mass is 580 g/mol. The fourth-order valence-corrected chi connectivity index (χ4v) is 6.96. The molecule has 5 rings (SSSR count). The Kier molecular flexibility index (Phi) is 8.62. The summed E-state index contributed by atoms with van der Waals surface area (Å²) in [5, 5.41) is 10.8. The number of hydrogen-bond acceptors (Lipinski definition) is 8. The number of β-lactam (4-membered cyclic amide) rings is 1. The Morgan fingerprint density at radius 1 is 1.18 bits per heavy atom. The molecule has 0 saturated carbocycles. The van der Waals surface area contributed by atoms with Gasteiger partial charge >= 0.3 is 18.0 Å². The molecule has 212 valence electrons. The van der Waals surface area contributed by atoms with Crippen LogP contribution in [0.25, 0.3) is 0 Å². The van der Waals surface area contributed by atoms with E-state index in [2.05, 4.69) is 21.3 Å². The van der Waals surface area contributed by atoms with Crippen LogP contribution in [0.4, 0.5) is 9.59 Å². The number of ether oxygens (including phenoxy) is 1. The van der Waals surface area contributed by atoms with E-state index in [-0.39, 0.29) is 37.5 Å². The summed E-state index contributed by atoms with van der Waals surface area (Å²) in [5.41, 5.74) is 0.503. The number of nitrogens with one attached hydrogen (secondary N) is 4. The fourth-order valence-electron chi connectivity index (χ4n) is 5.34. The first-order valence-electron chi connectivity index (χ1n) is 12.8. The molecule has 12 nitrogen and oxygen atoms in total. The van der Waals surface area contributed by atoms with Crippen molar-refractivity contribution in [3.05, 3.63) is 35.9 Å². The third-order valence-corrected chi connectivity index (χ3v) is 8.89. The van der Waals surface area contributed by atoms with Gasteiger partial charge in [-0.15, -0.1) is 24.2 Å². The van der Waals surface area contributed by atoms with Crippen LogP contribution >= 0.6 is 24.2 Å². The maximum Gasteiger partial charge on any atom is 0.330 e. The van der Waals surface area contributed by atoms with Crippen LogP contribution in [-0.2, 0) is 19.1 Å². The standard InChI is InChI=1S/C25H32N6O6S.ClH/c1-25(2)18(22(34)37-13-15-9-6-10-26-15)31-20(33)17(21(31)38-25)28-19(32)16(14-7-4-3-5-8-14)29-24(36)30-12-11-27-23(30)35;/h3-5,7-8,15-18,21,26H,6,9-13H2,1-2H3,(H,27,35)(H,28,32)(H,29,36);1H/t15?,16-,17-,18+,21-;/m1./s1. The molecule has 0 bridgehead atoms. The average molecular weight is 581 g/mol. The van der Waals surface area contributed by atoms with Crippen molar-refractivity contribution in [3.63, 3.8) is 0 Å². The number of esters is 1. The topological polar surface area (TPSA) is 149 Å². The summed E-state index contributed by atoms with van der Waals surface area (Å²) < 4.78 is 4.96. The van der Waals surface area contributed by atoms with Crippen molar-refractivity contribution in [2.45, 2.75) is 61.0 Å². The van der Waals surface area contributed by atoms with E-state index >= 15 is 0 Å². The van der Waals surface area contributed by atoms with Crippen molar-refractivity contribution < 1.29 is 28.7 Å². The molecule has 14 heteroatoms. The number of nitrogens with zero attached hydrogens (tertiary/aromatic N) is 2. The number of thioether (sulfide) groups is 1. The fraction of sp³-hybridized carbons (Fsp3) is 0.560. The number of rotatable bonds is 7. The third kappa shape index (κ3) is 5.66. The molecule has 6 amide bonds. The molecule has 4 heterocycles. The SMILES string of the molecule is CC1(C)S[C@@H]2[C@H](NC(=O)[C@H](NC(=O)N3CCNC3=O)c3ccccc3)C(=O)N2[C@H]1C(=O)OCC1CCCN1.Cl. The van der Waals surface area contributed by atoms with Gasteiger partial charge < -0.3 is 30.9 Å². The number of benzene rings is 1. The predicted octanol–water partition coefficient (Wildman–Crippen LogP) is 0.727. The minimum absolute atomic E-state index is 0. The summed E-state index contributed by atoms with van der Waals surface area (Å²) in [5.74, 6) is -1.41. The number of hydrogen-bond donors (Lipinski definition) is 4. The molecule has 39 heavy (non-hydrogen) atoms. The van der Waals surface area contributed by atoms with Gasteiger partial charge in [0.15, 0.2) is 0 Å². The second-order valence-corrected chi connectivity index (χ2v) is 12.1. The number of fused-ring (bicyclic) bond motifs is 1. The summed E-state index contributed by atoms with van der Waals surface area (Å²) in [6.45, 7) is 5.45. The predicted molar refractivity (Wildman–Crippen MR) is 145 cm³/mol. The van der Waals surface area contributed by atoms with E-state index in [0.717, 1.165) is 24.3 Å².